The predicted molar refractivity (Wildman–Crippen MR) is 69.1 cm³/mol. The van der Waals surface area contributed by atoms with Crippen LogP contribution in [-0.2, 0) is 4.74 Å². The number of esters is 1. The van der Waals surface area contributed by atoms with Crippen LogP contribution >= 0.6 is 0 Å². The summed E-state index contributed by atoms with van der Waals surface area (Å²) in [5.41, 5.74) is 0.547. The highest BCUT2D eigenvalue weighted by Gasteiger charge is 2.57. The fourth-order valence-corrected chi connectivity index (χ4v) is 2.74. The minimum Gasteiger partial charge on any atom is -0.490 e. The third kappa shape index (κ3) is 2.30. The van der Waals surface area contributed by atoms with Gasteiger partial charge in [0.1, 0.15) is 0 Å². The van der Waals surface area contributed by atoms with Crippen LogP contribution in [0.2, 0.25) is 0 Å². The molecule has 1 aliphatic carbocycles. The molecule has 2 fully saturated rings. The summed E-state index contributed by atoms with van der Waals surface area (Å²) < 4.78 is 10.8. The summed E-state index contributed by atoms with van der Waals surface area (Å²) in [6.45, 7) is 4.85. The molecule has 102 valence electrons. The fourth-order valence-electron chi connectivity index (χ4n) is 2.74. The Morgan fingerprint density at radius 3 is 3.21 bits per heavy atom. The van der Waals surface area contributed by atoms with Gasteiger partial charge in [0, 0.05) is 18.2 Å². The number of piperidine rings is 1. The maximum atomic E-state index is 11.8. The highest BCUT2D eigenvalue weighted by Crippen LogP contribution is 2.54. The number of ether oxygens (including phenoxy) is 2. The van der Waals surface area contributed by atoms with Crippen LogP contribution in [0.3, 0.4) is 0 Å². The van der Waals surface area contributed by atoms with Crippen molar-refractivity contribution < 1.29 is 14.3 Å². The number of nitrogens with one attached hydrogen (secondary N) is 1. The van der Waals surface area contributed by atoms with Crippen LogP contribution in [0, 0.1) is 11.3 Å². The Morgan fingerprint density at radius 2 is 2.53 bits per heavy atom. The summed E-state index contributed by atoms with van der Waals surface area (Å²) in [4.78, 5) is 15.8. The first-order valence-electron chi connectivity index (χ1n) is 6.71. The zero-order valence-electron chi connectivity index (χ0n) is 11.0. The molecule has 2 aliphatic rings. The molecule has 1 saturated carbocycles. The van der Waals surface area contributed by atoms with Gasteiger partial charge in [-0.2, -0.15) is 0 Å². The standard InChI is InChI=1S/C14H18N2O3/c1-2-18-13(17)12-11(4-3-5-16-12)19-9-14-6-10(14)7-15-8-14/h3-5,10,15H,2,6-9H2,1H3. The molecule has 1 N–H and O–H groups in total. The maximum absolute atomic E-state index is 11.8. The maximum Gasteiger partial charge on any atom is 0.360 e. The molecule has 1 aliphatic heterocycles. The molecule has 1 aromatic rings. The fraction of sp³-hybridized carbons (Fsp3) is 0.571. The Hall–Kier alpha value is -1.62. The third-order valence-corrected chi connectivity index (χ3v) is 3.98. The first-order valence-corrected chi connectivity index (χ1v) is 6.71. The lowest BCUT2D eigenvalue weighted by Gasteiger charge is -2.15. The van der Waals surface area contributed by atoms with Crippen molar-refractivity contribution >= 4 is 5.97 Å². The van der Waals surface area contributed by atoms with Crippen molar-refractivity contribution in [1.82, 2.24) is 10.3 Å². The second-order valence-electron chi connectivity index (χ2n) is 5.25. The SMILES string of the molecule is CCOC(=O)c1ncccc1OCC12CNCC1C2. The van der Waals surface area contributed by atoms with Crippen LogP contribution in [-0.4, -0.2) is 37.3 Å². The Labute approximate surface area is 112 Å². The van der Waals surface area contributed by atoms with Crippen LogP contribution in [0.5, 0.6) is 5.75 Å². The highest BCUT2D eigenvalue weighted by molar-refractivity contribution is 5.90. The highest BCUT2D eigenvalue weighted by atomic mass is 16.5. The van der Waals surface area contributed by atoms with E-state index in [0.717, 1.165) is 19.0 Å². The van der Waals surface area contributed by atoms with Crippen molar-refractivity contribution in [3.63, 3.8) is 0 Å². The number of carbonyl (C=O) groups excluding carboxylic acids is 1. The molecule has 0 bridgehead atoms. The van der Waals surface area contributed by atoms with Crippen LogP contribution in [0.15, 0.2) is 18.3 Å². The van der Waals surface area contributed by atoms with Crippen molar-refractivity contribution in [2.45, 2.75) is 13.3 Å². The summed E-state index contributed by atoms with van der Waals surface area (Å²) >= 11 is 0. The minimum absolute atomic E-state index is 0.268. The van der Waals surface area contributed by atoms with Crippen molar-refractivity contribution in [2.75, 3.05) is 26.3 Å². The van der Waals surface area contributed by atoms with Gasteiger partial charge in [-0.05, 0) is 37.9 Å². The Kier molecular flexibility index (Phi) is 3.14. The summed E-state index contributed by atoms with van der Waals surface area (Å²) in [5.74, 6) is 0.829. The minimum atomic E-state index is -0.424. The first kappa shape index (κ1) is 12.4. The van der Waals surface area contributed by atoms with E-state index in [2.05, 4.69) is 10.3 Å². The van der Waals surface area contributed by atoms with Gasteiger partial charge in [-0.1, -0.05) is 0 Å². The lowest BCUT2D eigenvalue weighted by molar-refractivity contribution is 0.0513. The molecule has 0 radical (unpaired) electrons. The van der Waals surface area contributed by atoms with Gasteiger partial charge >= 0.3 is 5.97 Å². The predicted octanol–water partition coefficient (Wildman–Crippen LogP) is 1.25. The summed E-state index contributed by atoms with van der Waals surface area (Å²) in [5, 5.41) is 3.37. The van der Waals surface area contributed by atoms with Crippen LogP contribution < -0.4 is 10.1 Å². The first-order chi connectivity index (χ1) is 9.25. The quantitative estimate of drug-likeness (QED) is 0.809. The molecule has 0 aromatic carbocycles. The van der Waals surface area contributed by atoms with Crippen molar-refractivity contribution in [3.8, 4) is 5.75 Å². The van der Waals surface area contributed by atoms with E-state index in [1.807, 2.05) is 0 Å². The van der Waals surface area contributed by atoms with Gasteiger partial charge in [0.25, 0.3) is 0 Å². The normalized spacial score (nSPS) is 27.7. The Balaban J connectivity index is 1.68. The zero-order chi connectivity index (χ0) is 13.3. The monoisotopic (exact) mass is 262 g/mol. The number of carbonyl (C=O) groups is 1. The van der Waals surface area contributed by atoms with E-state index < -0.39 is 5.97 Å². The van der Waals surface area contributed by atoms with Crippen LogP contribution in [0.4, 0.5) is 0 Å². The molecule has 0 spiro atoms. The number of aromatic nitrogens is 1. The third-order valence-electron chi connectivity index (χ3n) is 3.98. The zero-order valence-corrected chi connectivity index (χ0v) is 11.0. The molecule has 1 aromatic heterocycles. The molecular weight excluding hydrogens is 244 g/mol. The number of rotatable bonds is 5. The van der Waals surface area contributed by atoms with Gasteiger partial charge in [0.05, 0.1) is 13.2 Å². The van der Waals surface area contributed by atoms with Crippen molar-refractivity contribution in [3.05, 3.63) is 24.0 Å². The molecule has 0 amide bonds. The summed E-state index contributed by atoms with van der Waals surface area (Å²) in [6, 6.07) is 3.54. The average molecular weight is 262 g/mol. The van der Waals surface area contributed by atoms with Gasteiger partial charge in [-0.15, -0.1) is 0 Å². The molecule has 2 heterocycles. The van der Waals surface area contributed by atoms with E-state index in [4.69, 9.17) is 9.47 Å². The summed E-state index contributed by atoms with van der Waals surface area (Å²) in [6.07, 6.45) is 2.80. The van der Waals surface area contributed by atoms with Gasteiger partial charge in [0.2, 0.25) is 0 Å². The van der Waals surface area contributed by atoms with E-state index in [9.17, 15) is 4.79 Å². The van der Waals surface area contributed by atoms with E-state index in [1.54, 1.807) is 25.3 Å². The van der Waals surface area contributed by atoms with Crippen molar-refractivity contribution in [1.29, 1.82) is 0 Å². The molecule has 1 saturated heterocycles. The Morgan fingerprint density at radius 1 is 1.63 bits per heavy atom. The average Bonchev–Trinajstić information content (AvgIpc) is 2.98. The number of nitrogens with zero attached hydrogens (tertiary/aromatic N) is 1. The summed E-state index contributed by atoms with van der Waals surface area (Å²) in [7, 11) is 0. The Bertz CT molecular complexity index is 491. The number of fused-ring (bicyclic) bond motifs is 1. The number of pyridine rings is 1. The van der Waals surface area contributed by atoms with E-state index in [-0.39, 0.29) is 11.1 Å². The van der Waals surface area contributed by atoms with E-state index in [0.29, 0.717) is 19.0 Å². The molecule has 3 rings (SSSR count). The van der Waals surface area contributed by atoms with Gasteiger partial charge in [-0.25, -0.2) is 9.78 Å². The second-order valence-corrected chi connectivity index (χ2v) is 5.25. The molecule has 2 atom stereocenters. The molecular formula is C14H18N2O3. The molecule has 2 unspecified atom stereocenters. The van der Waals surface area contributed by atoms with Crippen LogP contribution in [0.1, 0.15) is 23.8 Å². The van der Waals surface area contributed by atoms with Crippen molar-refractivity contribution in [2.24, 2.45) is 11.3 Å². The molecule has 19 heavy (non-hydrogen) atoms. The molecule has 5 heteroatoms. The molecule has 5 nitrogen and oxygen atoms in total. The van der Waals surface area contributed by atoms with Gasteiger partial charge < -0.3 is 14.8 Å². The number of hydrogen-bond donors (Lipinski definition) is 1. The van der Waals surface area contributed by atoms with Gasteiger partial charge in [0.15, 0.2) is 11.4 Å². The van der Waals surface area contributed by atoms with Crippen LogP contribution in [0.25, 0.3) is 0 Å². The van der Waals surface area contributed by atoms with E-state index >= 15 is 0 Å². The van der Waals surface area contributed by atoms with E-state index in [1.165, 1.54) is 6.42 Å². The lowest BCUT2D eigenvalue weighted by atomic mass is 10.1. The number of hydrogen-bond acceptors (Lipinski definition) is 5. The topological polar surface area (TPSA) is 60.5 Å². The lowest BCUT2D eigenvalue weighted by Crippen LogP contribution is -2.22. The van der Waals surface area contributed by atoms with Gasteiger partial charge in [-0.3, -0.25) is 0 Å². The second kappa shape index (κ2) is 4.81. The smallest absolute Gasteiger partial charge is 0.360 e. The largest absolute Gasteiger partial charge is 0.490 e.